The Morgan fingerprint density at radius 2 is 2.16 bits per heavy atom. The molecule has 0 fully saturated rings. The van der Waals surface area contributed by atoms with E-state index in [9.17, 15) is 8.78 Å². The monoisotopic (exact) mass is 285 g/mol. The summed E-state index contributed by atoms with van der Waals surface area (Å²) < 4.78 is 28.3. The Balaban J connectivity index is 2.12. The van der Waals surface area contributed by atoms with Crippen molar-refractivity contribution in [3.05, 3.63) is 46.7 Å². The van der Waals surface area contributed by atoms with E-state index in [1.165, 1.54) is 0 Å². The summed E-state index contributed by atoms with van der Waals surface area (Å²) in [5, 5.41) is 7.07. The van der Waals surface area contributed by atoms with Crippen molar-refractivity contribution >= 4 is 17.3 Å². The van der Waals surface area contributed by atoms with Gasteiger partial charge in [-0.3, -0.25) is 4.68 Å². The van der Waals surface area contributed by atoms with Crippen molar-refractivity contribution in [1.82, 2.24) is 9.78 Å². The maximum Gasteiger partial charge on any atom is 0.150 e. The van der Waals surface area contributed by atoms with Gasteiger partial charge in [0.2, 0.25) is 0 Å². The van der Waals surface area contributed by atoms with Crippen LogP contribution in [0.5, 0.6) is 0 Å². The standard InChI is InChI=1S/C13H14ClF2N3/c1-2-5-19-10(3-4-18-19)8-17-13-11(14)6-9(15)7-12(13)16/h3-4,6-7,17H,2,5,8H2,1H3. The third-order valence-corrected chi connectivity index (χ3v) is 2.99. The summed E-state index contributed by atoms with van der Waals surface area (Å²) >= 11 is 5.81. The average Bonchev–Trinajstić information content (AvgIpc) is 2.76. The van der Waals surface area contributed by atoms with Gasteiger partial charge in [-0.25, -0.2) is 8.78 Å². The lowest BCUT2D eigenvalue weighted by molar-refractivity contribution is 0.574. The van der Waals surface area contributed by atoms with E-state index in [0.717, 1.165) is 30.8 Å². The van der Waals surface area contributed by atoms with Crippen molar-refractivity contribution < 1.29 is 8.78 Å². The highest BCUT2D eigenvalue weighted by Crippen LogP contribution is 2.26. The van der Waals surface area contributed by atoms with E-state index in [0.29, 0.717) is 6.54 Å². The second-order valence-corrected chi connectivity index (χ2v) is 4.55. The molecular weight excluding hydrogens is 272 g/mol. The molecule has 0 aliphatic carbocycles. The minimum absolute atomic E-state index is 0.0269. The second-order valence-electron chi connectivity index (χ2n) is 4.14. The first-order valence-electron chi connectivity index (χ1n) is 6.01. The van der Waals surface area contributed by atoms with Crippen LogP contribution < -0.4 is 5.32 Å². The summed E-state index contributed by atoms with van der Waals surface area (Å²) in [7, 11) is 0. The van der Waals surface area contributed by atoms with Gasteiger partial charge in [0.15, 0.2) is 5.82 Å². The minimum atomic E-state index is -0.702. The molecule has 2 rings (SSSR count). The summed E-state index contributed by atoms with van der Waals surface area (Å²) in [4.78, 5) is 0. The van der Waals surface area contributed by atoms with Crippen LogP contribution in [0.15, 0.2) is 24.4 Å². The molecule has 2 aromatic rings. The molecule has 0 bridgehead atoms. The fourth-order valence-corrected chi connectivity index (χ4v) is 2.07. The van der Waals surface area contributed by atoms with Crippen LogP contribution in [0.1, 0.15) is 19.0 Å². The zero-order valence-corrected chi connectivity index (χ0v) is 11.2. The van der Waals surface area contributed by atoms with Crippen LogP contribution in [0.25, 0.3) is 0 Å². The molecule has 1 aromatic heterocycles. The Kier molecular flexibility index (Phi) is 4.37. The van der Waals surface area contributed by atoms with Crippen LogP contribution in [0, 0.1) is 11.6 Å². The number of hydrogen-bond donors (Lipinski definition) is 1. The highest BCUT2D eigenvalue weighted by atomic mass is 35.5. The molecule has 0 spiro atoms. The third-order valence-electron chi connectivity index (χ3n) is 2.69. The number of aromatic nitrogens is 2. The second kappa shape index (κ2) is 6.02. The molecular formula is C13H14ClF2N3. The minimum Gasteiger partial charge on any atom is -0.376 e. The van der Waals surface area contributed by atoms with E-state index in [-0.39, 0.29) is 10.7 Å². The number of hydrogen-bond acceptors (Lipinski definition) is 2. The van der Waals surface area contributed by atoms with Crippen molar-refractivity contribution in [2.45, 2.75) is 26.4 Å². The SMILES string of the molecule is CCCn1nccc1CNc1c(F)cc(F)cc1Cl. The molecule has 3 nitrogen and oxygen atoms in total. The summed E-state index contributed by atoms with van der Waals surface area (Å²) in [6.45, 7) is 3.22. The van der Waals surface area contributed by atoms with E-state index in [1.54, 1.807) is 6.20 Å². The van der Waals surface area contributed by atoms with Crippen LogP contribution in [-0.4, -0.2) is 9.78 Å². The average molecular weight is 286 g/mol. The van der Waals surface area contributed by atoms with Crippen LogP contribution in [0.2, 0.25) is 5.02 Å². The van der Waals surface area contributed by atoms with E-state index >= 15 is 0 Å². The van der Waals surface area contributed by atoms with Gasteiger partial charge < -0.3 is 5.32 Å². The fraction of sp³-hybridized carbons (Fsp3) is 0.308. The molecule has 0 saturated heterocycles. The van der Waals surface area contributed by atoms with Gasteiger partial charge in [0.1, 0.15) is 5.82 Å². The maximum absolute atomic E-state index is 13.6. The molecule has 1 aromatic carbocycles. The maximum atomic E-state index is 13.6. The van der Waals surface area contributed by atoms with Crippen LogP contribution in [0.3, 0.4) is 0 Å². The molecule has 6 heteroatoms. The van der Waals surface area contributed by atoms with E-state index in [1.807, 2.05) is 10.7 Å². The zero-order valence-electron chi connectivity index (χ0n) is 10.5. The fourth-order valence-electron chi connectivity index (χ4n) is 1.81. The first-order chi connectivity index (χ1) is 9.11. The first kappa shape index (κ1) is 13.8. The lowest BCUT2D eigenvalue weighted by Gasteiger charge is -2.11. The molecule has 19 heavy (non-hydrogen) atoms. The molecule has 1 N–H and O–H groups in total. The van der Waals surface area contributed by atoms with Crippen molar-refractivity contribution in [2.24, 2.45) is 0 Å². The van der Waals surface area contributed by atoms with Gasteiger partial charge in [-0.05, 0) is 18.6 Å². The Labute approximate surface area is 115 Å². The van der Waals surface area contributed by atoms with Gasteiger partial charge in [-0.1, -0.05) is 18.5 Å². The van der Waals surface area contributed by atoms with Gasteiger partial charge >= 0.3 is 0 Å². The Bertz CT molecular complexity index is 546. The van der Waals surface area contributed by atoms with Gasteiger partial charge in [0, 0.05) is 18.8 Å². The molecule has 0 aliphatic heterocycles. The Hall–Kier alpha value is -1.62. The normalized spacial score (nSPS) is 10.7. The third kappa shape index (κ3) is 3.23. The zero-order chi connectivity index (χ0) is 13.8. The summed E-state index contributed by atoms with van der Waals surface area (Å²) in [5.41, 5.74) is 1.02. The van der Waals surface area contributed by atoms with E-state index < -0.39 is 11.6 Å². The number of halogens is 3. The molecule has 102 valence electrons. The first-order valence-corrected chi connectivity index (χ1v) is 6.38. The molecule has 0 atom stereocenters. The summed E-state index contributed by atoms with van der Waals surface area (Å²) in [6.07, 6.45) is 2.65. The summed E-state index contributed by atoms with van der Waals surface area (Å²) in [6, 6.07) is 3.73. The van der Waals surface area contributed by atoms with E-state index in [4.69, 9.17) is 11.6 Å². The molecule has 0 unspecified atom stereocenters. The molecule has 0 radical (unpaired) electrons. The quantitative estimate of drug-likeness (QED) is 0.905. The lowest BCUT2D eigenvalue weighted by Crippen LogP contribution is -2.10. The number of aryl methyl sites for hydroxylation is 1. The van der Waals surface area contributed by atoms with E-state index in [2.05, 4.69) is 17.3 Å². The van der Waals surface area contributed by atoms with Gasteiger partial charge in [-0.15, -0.1) is 0 Å². The predicted molar refractivity (Wildman–Crippen MR) is 71.2 cm³/mol. The summed E-state index contributed by atoms with van der Waals surface area (Å²) in [5.74, 6) is -1.39. The largest absolute Gasteiger partial charge is 0.376 e. The number of benzene rings is 1. The highest BCUT2D eigenvalue weighted by molar-refractivity contribution is 6.33. The van der Waals surface area contributed by atoms with Crippen molar-refractivity contribution in [2.75, 3.05) is 5.32 Å². The van der Waals surface area contributed by atoms with Crippen LogP contribution in [-0.2, 0) is 13.1 Å². The Morgan fingerprint density at radius 1 is 1.37 bits per heavy atom. The highest BCUT2D eigenvalue weighted by Gasteiger charge is 2.10. The lowest BCUT2D eigenvalue weighted by atomic mass is 10.3. The van der Waals surface area contributed by atoms with Crippen LogP contribution in [0.4, 0.5) is 14.5 Å². The molecule has 0 aliphatic rings. The number of rotatable bonds is 5. The Morgan fingerprint density at radius 3 is 2.84 bits per heavy atom. The molecule has 0 saturated carbocycles. The van der Waals surface area contributed by atoms with Gasteiger partial charge in [-0.2, -0.15) is 5.10 Å². The topological polar surface area (TPSA) is 29.9 Å². The predicted octanol–water partition coefficient (Wildman–Crippen LogP) is 3.84. The molecule has 1 heterocycles. The van der Waals surface area contributed by atoms with Crippen molar-refractivity contribution in [1.29, 1.82) is 0 Å². The van der Waals surface area contributed by atoms with Crippen LogP contribution >= 0.6 is 11.6 Å². The van der Waals surface area contributed by atoms with Gasteiger partial charge in [0.05, 0.1) is 22.9 Å². The van der Waals surface area contributed by atoms with Crippen molar-refractivity contribution in [3.8, 4) is 0 Å². The number of nitrogens with zero attached hydrogens (tertiary/aromatic N) is 2. The smallest absolute Gasteiger partial charge is 0.150 e. The number of anilines is 1. The number of nitrogens with one attached hydrogen (secondary N) is 1. The van der Waals surface area contributed by atoms with Gasteiger partial charge in [0.25, 0.3) is 0 Å². The molecule has 0 amide bonds. The van der Waals surface area contributed by atoms with Crippen molar-refractivity contribution in [3.63, 3.8) is 0 Å².